The predicted octanol–water partition coefficient (Wildman–Crippen LogP) is 3.63. The van der Waals surface area contributed by atoms with Crippen molar-refractivity contribution in [2.75, 3.05) is 40.5 Å². The van der Waals surface area contributed by atoms with Crippen LogP contribution in [0.2, 0.25) is 0 Å². The second kappa shape index (κ2) is 10.8. The largest absolute Gasteiger partial charge is 0.492 e. The average molecular weight is 453 g/mol. The third kappa shape index (κ3) is 5.92. The average Bonchev–Trinajstić information content (AvgIpc) is 2.82. The molecule has 7 nitrogen and oxygen atoms in total. The van der Waals surface area contributed by atoms with E-state index in [-0.39, 0.29) is 36.5 Å². The van der Waals surface area contributed by atoms with Crippen molar-refractivity contribution in [3.63, 3.8) is 0 Å². The van der Waals surface area contributed by atoms with E-state index >= 15 is 0 Å². The Morgan fingerprint density at radius 1 is 1.00 bits per heavy atom. The lowest BCUT2D eigenvalue weighted by Gasteiger charge is -2.47. The topological polar surface area (TPSA) is 68.3 Å². The maximum Gasteiger partial charge on any atom is 0.410 e. The van der Waals surface area contributed by atoms with Gasteiger partial charge in [0.1, 0.15) is 19.0 Å². The number of rotatable bonds is 8. The molecule has 2 aliphatic heterocycles. The first-order chi connectivity index (χ1) is 16.0. The van der Waals surface area contributed by atoms with E-state index in [1.165, 1.54) is 0 Å². The van der Waals surface area contributed by atoms with E-state index in [1.54, 1.807) is 4.90 Å². The number of hydrogen-bond acceptors (Lipinski definition) is 6. The Morgan fingerprint density at radius 2 is 1.67 bits per heavy atom. The molecule has 7 heteroatoms. The fourth-order valence-corrected chi connectivity index (χ4v) is 4.52. The number of hydrogen-bond donors (Lipinski definition) is 0. The number of ether oxygens (including phenoxy) is 3. The van der Waals surface area contributed by atoms with Gasteiger partial charge in [-0.15, -0.1) is 0 Å². The standard InChI is InChI=1S/C26H32N2O5/c1-27(2)12-13-32-24-10-8-20(9-11-24)25(29)21-14-22-17-31-18-23(15-21)28(22)26(30)33-16-19-6-4-3-5-7-19/h3-11,21-23H,12-18H2,1-2H3. The van der Waals surface area contributed by atoms with Crippen molar-refractivity contribution in [3.8, 4) is 5.75 Å². The van der Waals surface area contributed by atoms with Gasteiger partial charge in [-0.05, 0) is 56.8 Å². The van der Waals surface area contributed by atoms with Crippen LogP contribution in [0.5, 0.6) is 5.75 Å². The molecule has 2 atom stereocenters. The van der Waals surface area contributed by atoms with E-state index in [1.807, 2.05) is 68.7 Å². The highest BCUT2D eigenvalue weighted by molar-refractivity contribution is 5.98. The quantitative estimate of drug-likeness (QED) is 0.570. The minimum Gasteiger partial charge on any atom is -0.492 e. The molecule has 2 aromatic carbocycles. The number of carbonyl (C=O) groups excluding carboxylic acids is 2. The second-order valence-corrected chi connectivity index (χ2v) is 9.00. The lowest BCUT2D eigenvalue weighted by Crippen LogP contribution is -2.59. The highest BCUT2D eigenvalue weighted by atomic mass is 16.6. The van der Waals surface area contributed by atoms with Crippen molar-refractivity contribution in [2.24, 2.45) is 5.92 Å². The maximum absolute atomic E-state index is 13.2. The first kappa shape index (κ1) is 23.3. The molecule has 0 saturated carbocycles. The summed E-state index contributed by atoms with van der Waals surface area (Å²) in [6, 6.07) is 16.7. The zero-order chi connectivity index (χ0) is 23.2. The lowest BCUT2D eigenvalue weighted by molar-refractivity contribution is -0.0755. The molecule has 2 aromatic rings. The molecule has 4 rings (SSSR count). The van der Waals surface area contributed by atoms with Crippen molar-refractivity contribution in [1.82, 2.24) is 9.80 Å². The summed E-state index contributed by atoms with van der Waals surface area (Å²) >= 11 is 0. The Balaban J connectivity index is 1.34. The molecule has 2 aliphatic rings. The zero-order valence-electron chi connectivity index (χ0n) is 19.3. The van der Waals surface area contributed by atoms with E-state index in [4.69, 9.17) is 14.2 Å². The van der Waals surface area contributed by atoms with Crippen molar-refractivity contribution in [3.05, 3.63) is 65.7 Å². The Bertz CT molecular complexity index is 917. The van der Waals surface area contributed by atoms with Crippen molar-refractivity contribution in [2.45, 2.75) is 31.5 Å². The SMILES string of the molecule is CN(C)CCOc1ccc(C(=O)C2CC3COCC(C2)N3C(=O)OCc2ccccc2)cc1. The van der Waals surface area contributed by atoms with Crippen LogP contribution in [0.4, 0.5) is 4.79 Å². The summed E-state index contributed by atoms with van der Waals surface area (Å²) in [7, 11) is 4.00. The Hall–Kier alpha value is -2.90. The summed E-state index contributed by atoms with van der Waals surface area (Å²) in [5, 5.41) is 0. The highest BCUT2D eigenvalue weighted by Gasteiger charge is 2.44. The fourth-order valence-electron chi connectivity index (χ4n) is 4.52. The normalized spacial score (nSPS) is 22.2. The first-order valence-electron chi connectivity index (χ1n) is 11.5. The van der Waals surface area contributed by atoms with Crippen LogP contribution in [-0.4, -0.2) is 74.2 Å². The number of piperidine rings is 1. The van der Waals surface area contributed by atoms with Gasteiger partial charge in [-0.3, -0.25) is 9.69 Å². The number of nitrogens with zero attached hydrogens (tertiary/aromatic N) is 2. The van der Waals surface area contributed by atoms with E-state index in [9.17, 15) is 9.59 Å². The van der Waals surface area contributed by atoms with Gasteiger partial charge in [0, 0.05) is 18.0 Å². The Kier molecular flexibility index (Phi) is 7.62. The van der Waals surface area contributed by atoms with Gasteiger partial charge < -0.3 is 19.1 Å². The maximum atomic E-state index is 13.2. The van der Waals surface area contributed by atoms with Gasteiger partial charge in [-0.2, -0.15) is 0 Å². The van der Waals surface area contributed by atoms with Crippen LogP contribution in [0.15, 0.2) is 54.6 Å². The first-order valence-corrected chi connectivity index (χ1v) is 11.5. The van der Waals surface area contributed by atoms with E-state index in [2.05, 4.69) is 4.90 Å². The third-order valence-electron chi connectivity index (χ3n) is 6.25. The van der Waals surface area contributed by atoms with Crippen LogP contribution in [-0.2, 0) is 16.1 Å². The number of amides is 1. The molecular formula is C26H32N2O5. The predicted molar refractivity (Wildman–Crippen MR) is 124 cm³/mol. The minimum atomic E-state index is -0.331. The van der Waals surface area contributed by atoms with E-state index in [0.717, 1.165) is 17.9 Å². The smallest absolute Gasteiger partial charge is 0.410 e. The summed E-state index contributed by atoms with van der Waals surface area (Å²) in [4.78, 5) is 29.9. The number of Topliss-reactive ketones (excluding diaryl/α,β-unsaturated/α-hetero) is 1. The summed E-state index contributed by atoms with van der Waals surface area (Å²) < 4.78 is 17.0. The van der Waals surface area contributed by atoms with Gasteiger partial charge in [0.15, 0.2) is 5.78 Å². The molecule has 0 N–H and O–H groups in total. The second-order valence-electron chi connectivity index (χ2n) is 9.00. The molecule has 2 heterocycles. The molecule has 0 aromatic heterocycles. The number of likely N-dealkylation sites (N-methyl/N-ethyl adjacent to an activating group) is 1. The molecule has 176 valence electrons. The van der Waals surface area contributed by atoms with Gasteiger partial charge in [-0.25, -0.2) is 4.79 Å². The van der Waals surface area contributed by atoms with E-state index in [0.29, 0.717) is 38.2 Å². The van der Waals surface area contributed by atoms with Gasteiger partial charge in [0.25, 0.3) is 0 Å². The number of benzene rings is 2. The number of morpholine rings is 1. The molecule has 0 spiro atoms. The molecule has 2 saturated heterocycles. The summed E-state index contributed by atoms with van der Waals surface area (Å²) in [5.74, 6) is 0.737. The van der Waals surface area contributed by atoms with Crippen molar-refractivity contribution >= 4 is 11.9 Å². The van der Waals surface area contributed by atoms with Crippen LogP contribution in [0.25, 0.3) is 0 Å². The van der Waals surface area contributed by atoms with Crippen LogP contribution in [0.1, 0.15) is 28.8 Å². The molecule has 2 fully saturated rings. The molecule has 2 unspecified atom stereocenters. The van der Waals surface area contributed by atoms with Gasteiger partial charge in [0.05, 0.1) is 25.3 Å². The lowest BCUT2D eigenvalue weighted by atomic mass is 9.81. The number of fused-ring (bicyclic) bond motifs is 2. The van der Waals surface area contributed by atoms with Crippen LogP contribution in [0.3, 0.4) is 0 Å². The van der Waals surface area contributed by atoms with Crippen molar-refractivity contribution < 1.29 is 23.8 Å². The van der Waals surface area contributed by atoms with Gasteiger partial charge in [0.2, 0.25) is 0 Å². The zero-order valence-corrected chi connectivity index (χ0v) is 19.3. The molecular weight excluding hydrogens is 420 g/mol. The molecule has 0 aliphatic carbocycles. The van der Waals surface area contributed by atoms with Crippen molar-refractivity contribution in [1.29, 1.82) is 0 Å². The van der Waals surface area contributed by atoms with E-state index < -0.39 is 0 Å². The van der Waals surface area contributed by atoms with Gasteiger partial charge >= 0.3 is 6.09 Å². The van der Waals surface area contributed by atoms with Crippen LogP contribution in [0, 0.1) is 5.92 Å². The third-order valence-corrected chi connectivity index (χ3v) is 6.25. The summed E-state index contributed by atoms with van der Waals surface area (Å²) in [6.45, 7) is 2.53. The van der Waals surface area contributed by atoms with Gasteiger partial charge in [-0.1, -0.05) is 30.3 Å². The fraction of sp³-hybridized carbons (Fsp3) is 0.462. The molecule has 0 radical (unpaired) electrons. The Morgan fingerprint density at radius 3 is 2.30 bits per heavy atom. The minimum absolute atomic E-state index is 0.115. The summed E-state index contributed by atoms with van der Waals surface area (Å²) in [6.07, 6.45) is 0.829. The molecule has 2 bridgehead atoms. The monoisotopic (exact) mass is 452 g/mol. The highest BCUT2D eigenvalue weighted by Crippen LogP contribution is 2.34. The molecule has 1 amide bonds. The number of carbonyl (C=O) groups is 2. The summed E-state index contributed by atoms with van der Waals surface area (Å²) in [5.41, 5.74) is 1.63. The Labute approximate surface area is 195 Å². The van der Waals surface area contributed by atoms with Crippen LogP contribution >= 0.6 is 0 Å². The molecule has 33 heavy (non-hydrogen) atoms. The number of ketones is 1. The van der Waals surface area contributed by atoms with Crippen LogP contribution < -0.4 is 4.74 Å².